The van der Waals surface area contributed by atoms with Crippen LogP contribution in [0.15, 0.2) is 24.1 Å². The van der Waals surface area contributed by atoms with Gasteiger partial charge >= 0.3 is 11.9 Å². The van der Waals surface area contributed by atoms with Crippen LogP contribution in [0.3, 0.4) is 0 Å². The van der Waals surface area contributed by atoms with E-state index in [0.717, 1.165) is 12.8 Å². The number of allylic oxidation sites excluding steroid dienone is 2. The van der Waals surface area contributed by atoms with E-state index in [9.17, 15) is 9.59 Å². The lowest BCUT2D eigenvalue weighted by molar-refractivity contribution is -0.185. The van der Waals surface area contributed by atoms with E-state index in [-0.39, 0.29) is 12.0 Å². The molecule has 0 saturated carbocycles. The number of hydrogen-bond acceptors (Lipinski definition) is 5. The van der Waals surface area contributed by atoms with Crippen molar-refractivity contribution in [2.75, 3.05) is 0 Å². The molecule has 0 aromatic heterocycles. The summed E-state index contributed by atoms with van der Waals surface area (Å²) in [4.78, 5) is 27.0. The first-order valence-corrected chi connectivity index (χ1v) is 5.58. The molecule has 0 bridgehead atoms. The molecule has 5 heteroatoms. The summed E-state index contributed by atoms with van der Waals surface area (Å²) in [6, 6.07) is -0.238. The standard InChI is InChI=1S/C12H17NO4/c1-4-6-11-12(16-9(2)14)7-5-8-13(11)17-10(3)15/h5,7-8,11H,4,6H2,1-3H3. The van der Waals surface area contributed by atoms with Crippen LogP contribution in [0.4, 0.5) is 0 Å². The Balaban J connectivity index is 2.81. The Labute approximate surface area is 101 Å². The van der Waals surface area contributed by atoms with Crippen molar-refractivity contribution >= 4 is 11.9 Å². The van der Waals surface area contributed by atoms with Gasteiger partial charge in [-0.25, -0.2) is 5.06 Å². The van der Waals surface area contributed by atoms with E-state index < -0.39 is 5.97 Å². The van der Waals surface area contributed by atoms with Gasteiger partial charge in [0.15, 0.2) is 0 Å². The van der Waals surface area contributed by atoms with Crippen molar-refractivity contribution in [3.63, 3.8) is 0 Å². The zero-order chi connectivity index (χ0) is 12.8. The van der Waals surface area contributed by atoms with Crippen molar-refractivity contribution in [3.8, 4) is 0 Å². The Morgan fingerprint density at radius 3 is 2.59 bits per heavy atom. The van der Waals surface area contributed by atoms with Gasteiger partial charge in [-0.1, -0.05) is 13.3 Å². The zero-order valence-electron chi connectivity index (χ0n) is 10.3. The van der Waals surface area contributed by atoms with E-state index in [4.69, 9.17) is 9.57 Å². The number of nitrogens with zero attached hydrogens (tertiary/aromatic N) is 1. The molecule has 0 saturated heterocycles. The van der Waals surface area contributed by atoms with E-state index in [1.165, 1.54) is 18.9 Å². The highest BCUT2D eigenvalue weighted by molar-refractivity contribution is 5.68. The molecule has 0 fully saturated rings. The van der Waals surface area contributed by atoms with Crippen LogP contribution in [-0.4, -0.2) is 23.0 Å². The summed E-state index contributed by atoms with van der Waals surface area (Å²) in [6.07, 6.45) is 6.65. The minimum absolute atomic E-state index is 0.238. The van der Waals surface area contributed by atoms with Crippen LogP contribution in [0.2, 0.25) is 0 Å². The van der Waals surface area contributed by atoms with E-state index in [0.29, 0.717) is 5.76 Å². The number of esters is 1. The van der Waals surface area contributed by atoms with Gasteiger partial charge in [0.1, 0.15) is 11.8 Å². The molecule has 1 atom stereocenters. The molecule has 0 spiro atoms. The molecule has 1 unspecified atom stereocenters. The summed E-state index contributed by atoms with van der Waals surface area (Å²) in [5, 5.41) is 1.42. The quantitative estimate of drug-likeness (QED) is 0.701. The van der Waals surface area contributed by atoms with Crippen molar-refractivity contribution in [2.24, 2.45) is 0 Å². The van der Waals surface area contributed by atoms with Gasteiger partial charge < -0.3 is 9.57 Å². The second-order valence-corrected chi connectivity index (χ2v) is 3.75. The fraction of sp³-hybridized carbons (Fsp3) is 0.500. The molecule has 1 aliphatic heterocycles. The van der Waals surface area contributed by atoms with E-state index >= 15 is 0 Å². The smallest absolute Gasteiger partial charge is 0.329 e. The summed E-state index contributed by atoms with van der Waals surface area (Å²) < 4.78 is 5.11. The molecule has 0 aromatic carbocycles. The Morgan fingerprint density at radius 2 is 2.06 bits per heavy atom. The molecule has 5 nitrogen and oxygen atoms in total. The highest BCUT2D eigenvalue weighted by atomic mass is 16.7. The fourth-order valence-electron chi connectivity index (χ4n) is 1.62. The molecule has 0 amide bonds. The van der Waals surface area contributed by atoms with Crippen molar-refractivity contribution < 1.29 is 19.2 Å². The number of ether oxygens (including phenoxy) is 1. The van der Waals surface area contributed by atoms with Crippen molar-refractivity contribution in [2.45, 2.75) is 39.7 Å². The number of hydroxylamine groups is 2. The summed E-state index contributed by atoms with van der Waals surface area (Å²) in [5.74, 6) is -0.279. The summed E-state index contributed by atoms with van der Waals surface area (Å²) in [6.45, 7) is 4.69. The summed E-state index contributed by atoms with van der Waals surface area (Å²) >= 11 is 0. The molecule has 0 radical (unpaired) electrons. The Kier molecular flexibility index (Phi) is 4.75. The van der Waals surface area contributed by atoms with Crippen molar-refractivity contribution in [3.05, 3.63) is 24.1 Å². The first-order valence-electron chi connectivity index (χ1n) is 5.58. The molecule has 94 valence electrons. The molecule has 1 aliphatic rings. The van der Waals surface area contributed by atoms with Crippen LogP contribution >= 0.6 is 0 Å². The SMILES string of the molecule is CCCC1C(OC(C)=O)=CC=CN1OC(C)=O. The summed E-state index contributed by atoms with van der Waals surface area (Å²) in [5.41, 5.74) is 0. The van der Waals surface area contributed by atoms with Gasteiger partial charge in [0.05, 0.1) is 0 Å². The van der Waals surface area contributed by atoms with Gasteiger partial charge in [0.25, 0.3) is 0 Å². The number of carbonyl (C=O) groups excluding carboxylic acids is 2. The summed E-state index contributed by atoms with van der Waals surface area (Å²) in [7, 11) is 0. The van der Waals surface area contributed by atoms with E-state index in [1.807, 2.05) is 6.92 Å². The lowest BCUT2D eigenvalue weighted by atomic mass is 10.1. The number of hydrogen-bond donors (Lipinski definition) is 0. The predicted octanol–water partition coefficient (Wildman–Crippen LogP) is 1.91. The lowest BCUT2D eigenvalue weighted by Crippen LogP contribution is -2.36. The lowest BCUT2D eigenvalue weighted by Gasteiger charge is -2.31. The maximum atomic E-state index is 11.0. The maximum Gasteiger partial charge on any atom is 0.329 e. The van der Waals surface area contributed by atoms with Crippen LogP contribution in [0, 0.1) is 0 Å². The Bertz CT molecular complexity index is 360. The molecule has 0 aliphatic carbocycles. The normalized spacial score (nSPS) is 18.6. The van der Waals surface area contributed by atoms with Crippen LogP contribution in [-0.2, 0) is 19.2 Å². The zero-order valence-corrected chi connectivity index (χ0v) is 10.3. The highest BCUT2D eigenvalue weighted by Gasteiger charge is 2.26. The van der Waals surface area contributed by atoms with Gasteiger partial charge in [0, 0.05) is 20.0 Å². The van der Waals surface area contributed by atoms with E-state index in [2.05, 4.69) is 0 Å². The van der Waals surface area contributed by atoms with Gasteiger partial charge in [-0.05, 0) is 18.6 Å². The molecule has 1 rings (SSSR count). The largest absolute Gasteiger partial charge is 0.429 e. The Morgan fingerprint density at radius 1 is 1.35 bits per heavy atom. The minimum atomic E-state index is -0.403. The van der Waals surface area contributed by atoms with Gasteiger partial charge in [-0.15, -0.1) is 0 Å². The highest BCUT2D eigenvalue weighted by Crippen LogP contribution is 2.22. The molecule has 17 heavy (non-hydrogen) atoms. The van der Waals surface area contributed by atoms with Crippen molar-refractivity contribution in [1.29, 1.82) is 0 Å². The van der Waals surface area contributed by atoms with Gasteiger partial charge in [0.2, 0.25) is 0 Å². The monoisotopic (exact) mass is 239 g/mol. The maximum absolute atomic E-state index is 11.0. The van der Waals surface area contributed by atoms with Crippen LogP contribution in [0.5, 0.6) is 0 Å². The average Bonchev–Trinajstić information content (AvgIpc) is 2.21. The number of rotatable bonds is 4. The molecule has 0 aromatic rings. The minimum Gasteiger partial charge on any atom is -0.429 e. The molecular weight excluding hydrogens is 222 g/mol. The molecule has 0 N–H and O–H groups in total. The van der Waals surface area contributed by atoms with Crippen LogP contribution in [0.1, 0.15) is 33.6 Å². The molecule has 1 heterocycles. The third kappa shape index (κ3) is 3.94. The van der Waals surface area contributed by atoms with Crippen LogP contribution in [0.25, 0.3) is 0 Å². The first kappa shape index (κ1) is 13.3. The topological polar surface area (TPSA) is 55.8 Å². The number of carbonyl (C=O) groups is 2. The second kappa shape index (κ2) is 6.08. The van der Waals surface area contributed by atoms with Gasteiger partial charge in [-0.2, -0.15) is 0 Å². The third-order valence-electron chi connectivity index (χ3n) is 2.19. The van der Waals surface area contributed by atoms with E-state index in [1.54, 1.807) is 18.4 Å². The van der Waals surface area contributed by atoms with Crippen molar-refractivity contribution in [1.82, 2.24) is 5.06 Å². The fourth-order valence-corrected chi connectivity index (χ4v) is 1.62. The Hall–Kier alpha value is -1.78. The average molecular weight is 239 g/mol. The first-order chi connectivity index (χ1) is 8.04. The predicted molar refractivity (Wildman–Crippen MR) is 61.3 cm³/mol. The third-order valence-corrected chi connectivity index (χ3v) is 2.19. The molecular formula is C12H17NO4. The van der Waals surface area contributed by atoms with Gasteiger partial charge in [-0.3, -0.25) is 9.59 Å². The second-order valence-electron chi connectivity index (χ2n) is 3.75. The van der Waals surface area contributed by atoms with Crippen LogP contribution < -0.4 is 0 Å².